The molecule has 3 aromatic carbocycles. The van der Waals surface area contributed by atoms with Crippen molar-refractivity contribution >= 4 is 26.5 Å². The van der Waals surface area contributed by atoms with E-state index >= 15 is 0 Å². The first-order chi connectivity index (χ1) is 15.1. The predicted octanol–water partition coefficient (Wildman–Crippen LogP) is 5.64. The minimum Gasteiger partial charge on any atom is -0.487 e. The monoisotopic (exact) mass is 462 g/mol. The van der Waals surface area contributed by atoms with Crippen molar-refractivity contribution < 1.29 is 30.7 Å². The molecule has 4 aromatic rings. The van der Waals surface area contributed by atoms with Crippen LogP contribution in [0.4, 0.5) is 18.9 Å². The Labute approximate surface area is 181 Å². The summed E-state index contributed by atoms with van der Waals surface area (Å²) < 4.78 is 73.4. The maximum absolute atomic E-state index is 12.6. The van der Waals surface area contributed by atoms with E-state index in [2.05, 4.69) is 4.98 Å². The Morgan fingerprint density at radius 3 is 2.59 bits per heavy atom. The number of hydrogen-bond acceptors (Lipinski definition) is 5. The summed E-state index contributed by atoms with van der Waals surface area (Å²) >= 11 is 0. The highest BCUT2D eigenvalue weighted by Gasteiger charge is 2.46. The minimum absolute atomic E-state index is 0.108. The molecule has 6 nitrogen and oxygen atoms in total. The molecule has 0 radical (unpaired) electrons. The van der Waals surface area contributed by atoms with Gasteiger partial charge in [-0.3, -0.25) is 4.72 Å². The first kappa shape index (κ1) is 21.7. The zero-order valence-corrected chi connectivity index (χ0v) is 17.5. The Bertz CT molecular complexity index is 1380. The first-order valence-corrected chi connectivity index (χ1v) is 10.9. The van der Waals surface area contributed by atoms with Crippen LogP contribution in [0.3, 0.4) is 0 Å². The number of nitrogens with one attached hydrogen (secondary N) is 1. The third-order valence-electron chi connectivity index (χ3n) is 4.70. The molecule has 1 N–H and O–H groups in total. The van der Waals surface area contributed by atoms with Crippen LogP contribution in [0, 0.1) is 6.92 Å². The Kier molecular flexibility index (Phi) is 5.55. The number of ether oxygens (including phenoxy) is 1. The Morgan fingerprint density at radius 1 is 1.06 bits per heavy atom. The average Bonchev–Trinajstić information content (AvgIpc) is 3.20. The number of aryl methyl sites for hydroxylation is 1. The molecule has 4 rings (SSSR count). The Hall–Kier alpha value is -3.53. The molecule has 0 fully saturated rings. The molecule has 0 saturated heterocycles. The van der Waals surface area contributed by atoms with E-state index in [0.717, 1.165) is 11.1 Å². The number of nitrogens with zero attached hydrogens (tertiary/aromatic N) is 1. The van der Waals surface area contributed by atoms with Gasteiger partial charge in [-0.05, 0) is 48.2 Å². The van der Waals surface area contributed by atoms with Crippen LogP contribution in [0.1, 0.15) is 11.3 Å². The topological polar surface area (TPSA) is 81.4 Å². The number of sulfonamides is 1. The van der Waals surface area contributed by atoms with Gasteiger partial charge < -0.3 is 9.15 Å². The molecule has 0 saturated carbocycles. The fraction of sp³-hybridized carbons (Fsp3) is 0.136. The maximum Gasteiger partial charge on any atom is 0.516 e. The molecule has 0 aliphatic carbocycles. The van der Waals surface area contributed by atoms with Crippen LogP contribution >= 0.6 is 0 Å². The first-order valence-electron chi connectivity index (χ1n) is 9.39. The fourth-order valence-corrected chi connectivity index (χ4v) is 3.67. The van der Waals surface area contributed by atoms with Gasteiger partial charge in [-0.2, -0.15) is 21.6 Å². The third-order valence-corrected chi connectivity index (χ3v) is 5.81. The lowest BCUT2D eigenvalue weighted by Gasteiger charge is -2.12. The summed E-state index contributed by atoms with van der Waals surface area (Å²) in [7, 11) is -5.50. The van der Waals surface area contributed by atoms with Crippen LogP contribution in [0.5, 0.6) is 5.75 Å². The summed E-state index contributed by atoms with van der Waals surface area (Å²) in [5.41, 5.74) is -3.14. The van der Waals surface area contributed by atoms with Gasteiger partial charge in [0.05, 0.1) is 0 Å². The van der Waals surface area contributed by atoms with E-state index in [1.807, 2.05) is 31.2 Å². The summed E-state index contributed by atoms with van der Waals surface area (Å²) in [5, 5.41) is 1.11. The largest absolute Gasteiger partial charge is 0.516 e. The quantitative estimate of drug-likeness (QED) is 0.401. The SMILES string of the molecule is Cc1ccccc1-c1nc(COc2cccc3cc(NS(=O)(=O)C(F)(F)F)ccc23)co1. The van der Waals surface area contributed by atoms with E-state index in [9.17, 15) is 21.6 Å². The molecular formula is C22H17F3N2O4S. The normalized spacial score (nSPS) is 12.1. The van der Waals surface area contributed by atoms with Gasteiger partial charge in [-0.1, -0.05) is 30.3 Å². The number of aromatic nitrogens is 1. The molecule has 1 aromatic heterocycles. The molecule has 0 bridgehead atoms. The highest BCUT2D eigenvalue weighted by Crippen LogP contribution is 2.31. The van der Waals surface area contributed by atoms with Crippen molar-refractivity contribution in [3.63, 3.8) is 0 Å². The van der Waals surface area contributed by atoms with Crippen LogP contribution in [0.15, 0.2) is 71.3 Å². The summed E-state index contributed by atoms with van der Waals surface area (Å²) in [6, 6.07) is 16.7. The summed E-state index contributed by atoms with van der Waals surface area (Å²) in [5.74, 6) is 0.939. The third kappa shape index (κ3) is 4.40. The number of hydrogen-bond donors (Lipinski definition) is 1. The van der Waals surface area contributed by atoms with Crippen LogP contribution in [0.2, 0.25) is 0 Å². The highest BCUT2D eigenvalue weighted by atomic mass is 32.2. The molecule has 32 heavy (non-hydrogen) atoms. The number of oxazole rings is 1. The van der Waals surface area contributed by atoms with Gasteiger partial charge in [-0.15, -0.1) is 0 Å². The van der Waals surface area contributed by atoms with Crippen LogP contribution in [0.25, 0.3) is 22.2 Å². The van der Waals surface area contributed by atoms with Crippen molar-refractivity contribution in [2.75, 3.05) is 4.72 Å². The van der Waals surface area contributed by atoms with E-state index in [-0.39, 0.29) is 12.3 Å². The zero-order chi connectivity index (χ0) is 22.9. The van der Waals surface area contributed by atoms with Gasteiger partial charge in [0, 0.05) is 16.6 Å². The Balaban J connectivity index is 1.53. The highest BCUT2D eigenvalue weighted by molar-refractivity contribution is 7.93. The molecule has 166 valence electrons. The number of anilines is 1. The number of rotatable bonds is 6. The molecule has 0 amide bonds. The number of benzene rings is 3. The van der Waals surface area contributed by atoms with E-state index in [4.69, 9.17) is 9.15 Å². The van der Waals surface area contributed by atoms with Crippen molar-refractivity contribution in [3.05, 3.63) is 78.2 Å². The van der Waals surface area contributed by atoms with Gasteiger partial charge in [0.2, 0.25) is 5.89 Å². The van der Waals surface area contributed by atoms with Crippen molar-refractivity contribution in [3.8, 4) is 17.2 Å². The zero-order valence-electron chi connectivity index (χ0n) is 16.7. The standard InChI is InChI=1S/C22H17F3N2O4S/c1-14-5-2-3-7-18(14)21-26-17(13-31-21)12-30-20-8-4-6-15-11-16(9-10-19(15)20)27-32(28,29)22(23,24)25/h2-11,13,27H,12H2,1H3. The lowest BCUT2D eigenvalue weighted by atomic mass is 10.1. The lowest BCUT2D eigenvalue weighted by Crippen LogP contribution is -2.29. The summed E-state index contributed by atoms with van der Waals surface area (Å²) in [6.07, 6.45) is 1.50. The van der Waals surface area contributed by atoms with Gasteiger partial charge in [0.25, 0.3) is 0 Å². The van der Waals surface area contributed by atoms with Gasteiger partial charge >= 0.3 is 15.5 Å². The van der Waals surface area contributed by atoms with Crippen molar-refractivity contribution in [1.82, 2.24) is 4.98 Å². The van der Waals surface area contributed by atoms with E-state index < -0.39 is 15.5 Å². The lowest BCUT2D eigenvalue weighted by molar-refractivity contribution is -0.0429. The second kappa shape index (κ2) is 8.19. The second-order valence-electron chi connectivity index (χ2n) is 6.99. The van der Waals surface area contributed by atoms with Crippen molar-refractivity contribution in [2.24, 2.45) is 0 Å². The molecule has 1 heterocycles. The summed E-state index contributed by atoms with van der Waals surface area (Å²) in [6.45, 7) is 2.06. The molecule has 0 spiro atoms. The molecule has 10 heteroatoms. The number of alkyl halides is 3. The number of fused-ring (bicyclic) bond motifs is 1. The summed E-state index contributed by atoms with van der Waals surface area (Å²) in [4.78, 5) is 4.44. The van der Waals surface area contributed by atoms with Crippen LogP contribution < -0.4 is 9.46 Å². The molecule has 0 unspecified atom stereocenters. The Morgan fingerprint density at radius 2 is 1.84 bits per heavy atom. The molecule has 0 aliphatic rings. The second-order valence-corrected chi connectivity index (χ2v) is 8.66. The molecule has 0 aliphatic heterocycles. The van der Waals surface area contributed by atoms with E-state index in [1.54, 1.807) is 18.2 Å². The maximum atomic E-state index is 12.6. The van der Waals surface area contributed by atoms with Crippen molar-refractivity contribution in [2.45, 2.75) is 19.0 Å². The minimum atomic E-state index is -5.50. The van der Waals surface area contributed by atoms with Crippen molar-refractivity contribution in [1.29, 1.82) is 0 Å². The average molecular weight is 462 g/mol. The van der Waals surface area contributed by atoms with Crippen LogP contribution in [-0.4, -0.2) is 18.9 Å². The number of halogens is 3. The van der Waals surface area contributed by atoms with Crippen LogP contribution in [-0.2, 0) is 16.6 Å². The van der Waals surface area contributed by atoms with E-state index in [0.29, 0.717) is 28.1 Å². The van der Waals surface area contributed by atoms with Gasteiger partial charge in [0.15, 0.2) is 0 Å². The van der Waals surface area contributed by atoms with E-state index in [1.165, 1.54) is 29.2 Å². The molecular weight excluding hydrogens is 445 g/mol. The predicted molar refractivity (Wildman–Crippen MR) is 114 cm³/mol. The van der Waals surface area contributed by atoms with Gasteiger partial charge in [0.1, 0.15) is 24.3 Å². The fourth-order valence-electron chi connectivity index (χ4n) is 3.12. The molecule has 0 atom stereocenters. The van der Waals surface area contributed by atoms with Gasteiger partial charge in [-0.25, -0.2) is 4.98 Å². The smallest absolute Gasteiger partial charge is 0.487 e.